The van der Waals surface area contributed by atoms with Gasteiger partial charge in [-0.25, -0.2) is 0 Å². The average Bonchev–Trinajstić information content (AvgIpc) is 2.83. The summed E-state index contributed by atoms with van der Waals surface area (Å²) in [6.07, 6.45) is 0. The lowest BCUT2D eigenvalue weighted by molar-refractivity contribution is 0.000451. The highest BCUT2D eigenvalue weighted by molar-refractivity contribution is 6.66. The molecule has 0 bridgehead atoms. The highest BCUT2D eigenvalue weighted by Gasteiger charge is 2.36. The lowest BCUT2D eigenvalue weighted by atomic mass is 9.61. The van der Waals surface area contributed by atoms with Gasteiger partial charge in [0.2, 0.25) is 0 Å². The first-order chi connectivity index (χ1) is 16.2. The quantitative estimate of drug-likeness (QED) is 0.199. The van der Waals surface area contributed by atoms with E-state index < -0.39 is 0 Å². The van der Waals surface area contributed by atoms with Gasteiger partial charge in [-0.2, -0.15) is 0 Å². The minimum Gasteiger partial charge on any atom is -0.426 e. The van der Waals surface area contributed by atoms with Crippen LogP contribution in [0.4, 0.5) is 0 Å². The summed E-state index contributed by atoms with van der Waals surface area (Å²) in [5.74, 6) is 0. The predicted molar refractivity (Wildman–Crippen MR) is 150 cm³/mol. The maximum absolute atomic E-state index is 6.56. The third kappa shape index (κ3) is 3.91. The molecule has 1 nitrogen and oxygen atoms in total. The fraction of sp³-hybridized carbons (Fsp3) is 0.250. The Labute approximate surface area is 203 Å². The monoisotopic (exact) mass is 444 g/mol. The molecule has 0 radical (unpaired) electrons. The van der Waals surface area contributed by atoms with Crippen molar-refractivity contribution in [1.29, 1.82) is 0 Å². The Bertz CT molecular complexity index is 1470. The van der Waals surface area contributed by atoms with Crippen LogP contribution in [-0.2, 0) is 4.65 Å². The topological polar surface area (TPSA) is 9.23 Å². The summed E-state index contributed by atoms with van der Waals surface area (Å²) in [6.45, 7) is 13.3. The van der Waals surface area contributed by atoms with Gasteiger partial charge in [0.05, 0.1) is 5.60 Å². The molecule has 0 saturated heterocycles. The Morgan fingerprint density at radius 2 is 1.03 bits per heavy atom. The van der Waals surface area contributed by atoms with E-state index in [2.05, 4.69) is 132 Å². The van der Waals surface area contributed by atoms with Gasteiger partial charge in [0.25, 0.3) is 0 Å². The molecule has 0 heterocycles. The van der Waals surface area contributed by atoms with Crippen molar-refractivity contribution in [3.05, 3.63) is 91.0 Å². The van der Waals surface area contributed by atoms with Crippen LogP contribution in [0.5, 0.6) is 0 Å². The third-order valence-corrected chi connectivity index (χ3v) is 7.71. The minimum absolute atomic E-state index is 0.0133. The summed E-state index contributed by atoms with van der Waals surface area (Å²) in [4.78, 5) is 0. The first-order valence-corrected chi connectivity index (χ1v) is 12.3. The fourth-order valence-corrected chi connectivity index (χ4v) is 4.75. The first kappa shape index (κ1) is 22.7. The number of hydrogen-bond donors (Lipinski definition) is 0. The van der Waals surface area contributed by atoms with E-state index in [-0.39, 0.29) is 17.9 Å². The van der Waals surface area contributed by atoms with E-state index in [4.69, 9.17) is 4.65 Å². The summed E-state index contributed by atoms with van der Waals surface area (Å²) in [6, 6.07) is 33.2. The Morgan fingerprint density at radius 1 is 0.529 bits per heavy atom. The molecule has 0 N–H and O–H groups in total. The van der Waals surface area contributed by atoms with Crippen molar-refractivity contribution in [2.45, 2.75) is 47.0 Å². The summed E-state index contributed by atoms with van der Waals surface area (Å²) in [5, 5.41) is 7.84. The maximum Gasteiger partial charge on any atom is 0.324 e. The van der Waals surface area contributed by atoms with Crippen molar-refractivity contribution < 1.29 is 4.65 Å². The summed E-state index contributed by atoms with van der Waals surface area (Å²) >= 11 is 0. The molecule has 170 valence electrons. The van der Waals surface area contributed by atoms with Gasteiger partial charge in [-0.3, -0.25) is 0 Å². The molecule has 2 heteroatoms. The minimum atomic E-state index is -0.231. The molecule has 0 unspecified atom stereocenters. The summed E-state index contributed by atoms with van der Waals surface area (Å²) in [5.41, 5.74) is 3.49. The van der Waals surface area contributed by atoms with Gasteiger partial charge in [-0.15, -0.1) is 0 Å². The van der Waals surface area contributed by atoms with Crippen LogP contribution >= 0.6 is 0 Å². The molecule has 5 rings (SSSR count). The molecule has 0 aliphatic heterocycles. The number of rotatable bonds is 4. The van der Waals surface area contributed by atoms with Gasteiger partial charge < -0.3 is 4.65 Å². The lowest BCUT2D eigenvalue weighted by Gasteiger charge is -2.40. The fourth-order valence-electron chi connectivity index (χ4n) is 4.75. The van der Waals surface area contributed by atoms with Gasteiger partial charge in [0, 0.05) is 0 Å². The van der Waals surface area contributed by atoms with Crippen molar-refractivity contribution in [2.75, 3.05) is 0 Å². The van der Waals surface area contributed by atoms with Crippen molar-refractivity contribution in [3.8, 4) is 11.1 Å². The standard InChI is InChI=1S/C32H33BO/c1-31(2,3)32(4,5)34-33(6)24-13-11-12-22(20-24)23-18-19-29-27-16-8-7-14-25(27)26-15-9-10-17-28(26)30(29)21-23/h7-21H,1-6H3. The second-order valence-corrected chi connectivity index (χ2v) is 11.0. The number of fused-ring (bicyclic) bond motifs is 6. The SMILES string of the molecule is CB(OC(C)(C)C(C)(C)C)c1cccc(-c2ccc3c4ccccc4c4ccccc4c3c2)c1. The van der Waals surface area contributed by atoms with Crippen molar-refractivity contribution in [3.63, 3.8) is 0 Å². The van der Waals surface area contributed by atoms with Crippen molar-refractivity contribution in [2.24, 2.45) is 5.41 Å². The zero-order chi connectivity index (χ0) is 24.1. The lowest BCUT2D eigenvalue weighted by Crippen LogP contribution is -2.46. The molecule has 0 aliphatic rings. The Morgan fingerprint density at radius 3 is 1.59 bits per heavy atom. The molecular weight excluding hydrogens is 411 g/mol. The molecule has 34 heavy (non-hydrogen) atoms. The molecule has 0 aromatic heterocycles. The van der Waals surface area contributed by atoms with Gasteiger partial charge in [0.15, 0.2) is 0 Å². The maximum atomic E-state index is 6.56. The Balaban J connectivity index is 1.61. The highest BCUT2D eigenvalue weighted by Crippen LogP contribution is 2.37. The zero-order valence-electron chi connectivity index (χ0n) is 21.1. The van der Waals surface area contributed by atoms with Crippen LogP contribution in [0.2, 0.25) is 6.82 Å². The molecule has 5 aromatic rings. The van der Waals surface area contributed by atoms with Crippen LogP contribution in [-0.4, -0.2) is 12.5 Å². The van der Waals surface area contributed by atoms with E-state index in [0.29, 0.717) is 0 Å². The van der Waals surface area contributed by atoms with Crippen LogP contribution in [0.3, 0.4) is 0 Å². The molecule has 0 fully saturated rings. The molecule has 0 saturated carbocycles. The summed E-state index contributed by atoms with van der Waals surface area (Å²) in [7, 11) is 0. The van der Waals surface area contributed by atoms with Gasteiger partial charge in [-0.05, 0) is 74.2 Å². The predicted octanol–water partition coefficient (Wildman–Crippen LogP) is 8.48. The van der Waals surface area contributed by atoms with E-state index in [1.54, 1.807) is 0 Å². The van der Waals surface area contributed by atoms with Crippen LogP contribution in [0.1, 0.15) is 34.6 Å². The molecule has 0 amide bonds. The Kier molecular flexibility index (Phi) is 5.53. The Hall–Kier alpha value is -3.10. The van der Waals surface area contributed by atoms with Gasteiger partial charge in [-0.1, -0.05) is 113 Å². The first-order valence-electron chi connectivity index (χ1n) is 12.3. The second-order valence-electron chi connectivity index (χ2n) is 11.0. The average molecular weight is 444 g/mol. The van der Waals surface area contributed by atoms with Crippen LogP contribution in [0, 0.1) is 5.41 Å². The van der Waals surface area contributed by atoms with E-state index >= 15 is 0 Å². The van der Waals surface area contributed by atoms with Crippen LogP contribution in [0.25, 0.3) is 43.4 Å². The third-order valence-electron chi connectivity index (χ3n) is 7.71. The van der Waals surface area contributed by atoms with Crippen LogP contribution < -0.4 is 5.46 Å². The normalized spacial score (nSPS) is 12.5. The molecular formula is C32H33BO. The zero-order valence-corrected chi connectivity index (χ0v) is 21.1. The molecule has 0 spiro atoms. The van der Waals surface area contributed by atoms with E-state index in [1.165, 1.54) is 48.9 Å². The van der Waals surface area contributed by atoms with E-state index in [9.17, 15) is 0 Å². The van der Waals surface area contributed by atoms with E-state index in [0.717, 1.165) is 0 Å². The molecule has 0 aliphatic carbocycles. The van der Waals surface area contributed by atoms with Gasteiger partial charge in [0.1, 0.15) is 0 Å². The van der Waals surface area contributed by atoms with Gasteiger partial charge >= 0.3 is 6.92 Å². The van der Waals surface area contributed by atoms with E-state index in [1.807, 2.05) is 0 Å². The van der Waals surface area contributed by atoms with Crippen molar-refractivity contribution in [1.82, 2.24) is 0 Å². The molecule has 0 atom stereocenters. The number of hydrogen-bond acceptors (Lipinski definition) is 1. The molecule has 5 aromatic carbocycles. The van der Waals surface area contributed by atoms with Crippen molar-refractivity contribution >= 4 is 44.7 Å². The smallest absolute Gasteiger partial charge is 0.324 e. The summed E-state index contributed by atoms with van der Waals surface area (Å²) < 4.78 is 6.56. The highest BCUT2D eigenvalue weighted by atomic mass is 16.5. The number of benzene rings is 5. The van der Waals surface area contributed by atoms with Crippen LogP contribution in [0.15, 0.2) is 91.0 Å². The largest absolute Gasteiger partial charge is 0.426 e. The second kappa shape index (κ2) is 8.29.